The normalized spacial score (nSPS) is 9.79. The van der Waals surface area contributed by atoms with E-state index in [1.54, 1.807) is 6.26 Å². The quantitative estimate of drug-likeness (QED) is 0.400. The Morgan fingerprint density at radius 3 is 2.21 bits per heavy atom. The first-order chi connectivity index (χ1) is 9.18. The van der Waals surface area contributed by atoms with Crippen LogP contribution < -0.4 is 0 Å². The van der Waals surface area contributed by atoms with Crippen molar-refractivity contribution >= 4 is 51.7 Å². The Morgan fingerprint density at radius 2 is 1.58 bits per heavy atom. The van der Waals surface area contributed by atoms with Crippen molar-refractivity contribution in [2.45, 2.75) is 4.90 Å². The van der Waals surface area contributed by atoms with Gasteiger partial charge in [-0.2, -0.15) is 0 Å². The van der Waals surface area contributed by atoms with Crippen LogP contribution in [0.2, 0.25) is 0 Å². The van der Waals surface area contributed by atoms with Crippen molar-refractivity contribution < 1.29 is 4.42 Å². The Bertz CT molecular complexity index is 723. The third kappa shape index (κ3) is 3.93. The Morgan fingerprint density at radius 1 is 0.947 bits per heavy atom. The SMILES string of the molecule is S=c1c(Br)coc2ccccc12.Sc1ccccc1. The van der Waals surface area contributed by atoms with Gasteiger partial charge < -0.3 is 4.42 Å². The van der Waals surface area contributed by atoms with E-state index in [9.17, 15) is 0 Å². The number of rotatable bonds is 0. The zero-order chi connectivity index (χ0) is 13.7. The van der Waals surface area contributed by atoms with Gasteiger partial charge in [0.2, 0.25) is 0 Å². The lowest BCUT2D eigenvalue weighted by molar-refractivity contribution is 0.599. The van der Waals surface area contributed by atoms with Crippen LogP contribution in [0.25, 0.3) is 11.0 Å². The number of hydrogen-bond acceptors (Lipinski definition) is 3. The van der Waals surface area contributed by atoms with Crippen molar-refractivity contribution in [1.29, 1.82) is 0 Å². The maximum Gasteiger partial charge on any atom is 0.135 e. The Kier molecular flexibility index (Phi) is 5.19. The fraction of sp³-hybridized carbons (Fsp3) is 0. The molecule has 0 N–H and O–H groups in total. The number of fused-ring (bicyclic) bond motifs is 1. The van der Waals surface area contributed by atoms with Gasteiger partial charge in [-0.05, 0) is 40.2 Å². The van der Waals surface area contributed by atoms with E-state index < -0.39 is 0 Å². The van der Waals surface area contributed by atoms with Gasteiger partial charge in [0.1, 0.15) is 11.8 Å². The molecule has 0 radical (unpaired) electrons. The van der Waals surface area contributed by atoms with Crippen molar-refractivity contribution in [3.8, 4) is 0 Å². The summed E-state index contributed by atoms with van der Waals surface area (Å²) in [5, 5.41) is 0.974. The Balaban J connectivity index is 0.000000163. The van der Waals surface area contributed by atoms with Crippen LogP contribution in [0.5, 0.6) is 0 Å². The number of benzene rings is 2. The fourth-order valence-electron chi connectivity index (χ4n) is 1.48. The summed E-state index contributed by atoms with van der Waals surface area (Å²) >= 11 is 12.6. The molecule has 0 aliphatic heterocycles. The second kappa shape index (κ2) is 6.89. The third-order valence-electron chi connectivity index (χ3n) is 2.39. The van der Waals surface area contributed by atoms with Gasteiger partial charge >= 0.3 is 0 Å². The van der Waals surface area contributed by atoms with Gasteiger partial charge in [0.05, 0.1) is 8.98 Å². The maximum absolute atomic E-state index is 5.31. The molecule has 0 spiro atoms. The lowest BCUT2D eigenvalue weighted by atomic mass is 10.2. The number of hydrogen-bond donors (Lipinski definition) is 1. The molecule has 3 rings (SSSR count). The van der Waals surface area contributed by atoms with Crippen LogP contribution in [-0.4, -0.2) is 0 Å². The number of para-hydroxylation sites is 1. The van der Waals surface area contributed by atoms with Gasteiger partial charge in [0.15, 0.2) is 0 Å². The highest BCUT2D eigenvalue weighted by Gasteiger charge is 1.98. The van der Waals surface area contributed by atoms with E-state index in [1.165, 1.54) is 0 Å². The van der Waals surface area contributed by atoms with Crippen LogP contribution in [0.1, 0.15) is 0 Å². The fourth-order valence-corrected chi connectivity index (χ4v) is 2.18. The third-order valence-corrected chi connectivity index (χ3v) is 3.98. The van der Waals surface area contributed by atoms with E-state index in [1.807, 2.05) is 54.6 Å². The summed E-state index contributed by atoms with van der Waals surface area (Å²) < 4.78 is 6.94. The van der Waals surface area contributed by atoms with Crippen molar-refractivity contribution in [3.05, 3.63) is 69.8 Å². The summed E-state index contributed by atoms with van der Waals surface area (Å²) in [7, 11) is 0. The Labute approximate surface area is 130 Å². The van der Waals surface area contributed by atoms with Gasteiger partial charge in [0.25, 0.3) is 0 Å². The smallest absolute Gasteiger partial charge is 0.135 e. The van der Waals surface area contributed by atoms with Gasteiger partial charge in [-0.1, -0.05) is 42.5 Å². The summed E-state index contributed by atoms with van der Waals surface area (Å²) in [5.41, 5.74) is 0.825. The summed E-state index contributed by atoms with van der Waals surface area (Å²) in [6.45, 7) is 0. The molecule has 1 heterocycles. The number of halogens is 1. The van der Waals surface area contributed by atoms with Crippen molar-refractivity contribution in [1.82, 2.24) is 0 Å². The second-order valence-electron chi connectivity index (χ2n) is 3.74. The predicted molar refractivity (Wildman–Crippen MR) is 88.4 cm³/mol. The molecule has 0 fully saturated rings. The van der Waals surface area contributed by atoms with E-state index in [2.05, 4.69) is 28.6 Å². The van der Waals surface area contributed by atoms with Gasteiger partial charge in [-0.25, -0.2) is 0 Å². The van der Waals surface area contributed by atoms with Crippen LogP contribution in [0.3, 0.4) is 0 Å². The Hall–Kier alpha value is -1.10. The molecule has 0 amide bonds. The zero-order valence-corrected chi connectivity index (χ0v) is 13.2. The van der Waals surface area contributed by atoms with E-state index in [0.717, 1.165) is 24.8 Å². The topological polar surface area (TPSA) is 13.1 Å². The highest BCUT2D eigenvalue weighted by atomic mass is 79.9. The molecule has 3 aromatic rings. The first-order valence-electron chi connectivity index (χ1n) is 5.58. The zero-order valence-electron chi connectivity index (χ0n) is 9.92. The minimum atomic E-state index is 0.803. The minimum Gasteiger partial charge on any atom is -0.463 e. The van der Waals surface area contributed by atoms with Crippen LogP contribution in [-0.2, 0) is 0 Å². The van der Waals surface area contributed by atoms with E-state index in [0.29, 0.717) is 0 Å². The summed E-state index contributed by atoms with van der Waals surface area (Å²) in [6, 6.07) is 17.5. The molecule has 0 saturated heterocycles. The van der Waals surface area contributed by atoms with Crippen LogP contribution in [0.15, 0.2) is 74.6 Å². The molecule has 0 saturated carbocycles. The molecule has 96 valence electrons. The highest BCUT2D eigenvalue weighted by Crippen LogP contribution is 2.21. The van der Waals surface area contributed by atoms with Crippen molar-refractivity contribution in [2.24, 2.45) is 0 Å². The van der Waals surface area contributed by atoms with Crippen molar-refractivity contribution in [2.75, 3.05) is 0 Å². The molecule has 19 heavy (non-hydrogen) atoms. The largest absolute Gasteiger partial charge is 0.463 e. The predicted octanol–water partition coefficient (Wildman–Crippen LogP) is 5.90. The van der Waals surface area contributed by atoms with E-state index in [4.69, 9.17) is 16.6 Å². The first-order valence-corrected chi connectivity index (χ1v) is 7.23. The molecule has 0 aliphatic carbocycles. The molecule has 1 aromatic heterocycles. The standard InChI is InChI=1S/C9H5BrOS.C6H6S/c10-7-5-11-8-4-2-1-3-6(8)9(7)12;7-6-4-2-1-3-5-6/h1-5H;1-5,7H. The lowest BCUT2D eigenvalue weighted by Crippen LogP contribution is -1.73. The summed E-state index contributed by atoms with van der Waals surface area (Å²) in [4.78, 5) is 1.02. The molecule has 4 heteroatoms. The lowest BCUT2D eigenvalue weighted by Gasteiger charge is -1.96. The van der Waals surface area contributed by atoms with E-state index in [-0.39, 0.29) is 0 Å². The number of thiol groups is 1. The molecule has 0 unspecified atom stereocenters. The monoisotopic (exact) mass is 350 g/mol. The summed E-state index contributed by atoms with van der Waals surface area (Å²) in [6.07, 6.45) is 1.62. The molecule has 1 nitrogen and oxygen atoms in total. The van der Waals surface area contributed by atoms with Crippen LogP contribution in [0, 0.1) is 4.51 Å². The van der Waals surface area contributed by atoms with Gasteiger partial charge in [0, 0.05) is 10.3 Å². The maximum atomic E-state index is 5.31. The first kappa shape index (κ1) is 14.3. The second-order valence-corrected chi connectivity index (χ2v) is 5.52. The molecule has 0 atom stereocenters. The average molecular weight is 351 g/mol. The highest BCUT2D eigenvalue weighted by molar-refractivity contribution is 9.10. The molecule has 0 aliphatic rings. The molecular weight excluding hydrogens is 340 g/mol. The van der Waals surface area contributed by atoms with Crippen LogP contribution in [0.4, 0.5) is 0 Å². The van der Waals surface area contributed by atoms with E-state index >= 15 is 0 Å². The average Bonchev–Trinajstić information content (AvgIpc) is 2.45. The van der Waals surface area contributed by atoms with Gasteiger partial charge in [-0.3, -0.25) is 0 Å². The van der Waals surface area contributed by atoms with Crippen molar-refractivity contribution in [3.63, 3.8) is 0 Å². The molecular formula is C15H11BrOS2. The molecule has 0 bridgehead atoms. The van der Waals surface area contributed by atoms with Crippen LogP contribution >= 0.6 is 40.8 Å². The summed E-state index contributed by atoms with van der Waals surface area (Å²) in [5.74, 6) is 0. The van der Waals surface area contributed by atoms with Gasteiger partial charge in [-0.15, -0.1) is 12.6 Å². The minimum absolute atomic E-state index is 0.803. The molecule has 2 aromatic carbocycles.